The van der Waals surface area contributed by atoms with Crippen LogP contribution in [-0.2, 0) is 0 Å². The van der Waals surface area contributed by atoms with E-state index in [-0.39, 0.29) is 0 Å². The van der Waals surface area contributed by atoms with Gasteiger partial charge < -0.3 is 5.11 Å². The van der Waals surface area contributed by atoms with Crippen molar-refractivity contribution in [2.45, 2.75) is 31.8 Å². The smallest absolute Gasteiger partial charge is 0.139 e. The van der Waals surface area contributed by atoms with Gasteiger partial charge >= 0.3 is 0 Å². The van der Waals surface area contributed by atoms with E-state index in [0.717, 1.165) is 19.5 Å². The summed E-state index contributed by atoms with van der Waals surface area (Å²) in [6, 6.07) is 0. The second-order valence-electron chi connectivity index (χ2n) is 3.56. The molecule has 0 bridgehead atoms. The minimum atomic E-state index is -0.840. The molecular formula is C10H17NO. The van der Waals surface area contributed by atoms with Gasteiger partial charge in [-0.25, -0.2) is 0 Å². The van der Waals surface area contributed by atoms with Gasteiger partial charge in [-0.3, -0.25) is 4.90 Å². The van der Waals surface area contributed by atoms with E-state index in [4.69, 9.17) is 6.42 Å². The van der Waals surface area contributed by atoms with Gasteiger partial charge in [-0.15, -0.1) is 6.42 Å². The third-order valence-corrected chi connectivity index (χ3v) is 2.42. The molecule has 0 aromatic carbocycles. The minimum absolute atomic E-state index is 0.656. The van der Waals surface area contributed by atoms with Crippen molar-refractivity contribution in [3.63, 3.8) is 0 Å². The number of aliphatic hydroxyl groups is 1. The van der Waals surface area contributed by atoms with Crippen molar-refractivity contribution in [1.29, 1.82) is 0 Å². The Balaban J connectivity index is 2.31. The molecule has 1 heterocycles. The number of unbranched alkanes of at least 4 members (excludes halogenated alkanes) is 1. The quantitative estimate of drug-likeness (QED) is 0.630. The molecule has 1 aliphatic heterocycles. The summed E-state index contributed by atoms with van der Waals surface area (Å²) in [6.07, 6.45) is 8.36. The van der Waals surface area contributed by atoms with Gasteiger partial charge in [0.25, 0.3) is 0 Å². The van der Waals surface area contributed by atoms with Crippen molar-refractivity contribution in [2.75, 3.05) is 19.6 Å². The predicted molar refractivity (Wildman–Crippen MR) is 49.7 cm³/mol. The molecule has 2 nitrogen and oxygen atoms in total. The summed E-state index contributed by atoms with van der Waals surface area (Å²) < 4.78 is 0. The number of hydrogen-bond donors (Lipinski definition) is 1. The van der Waals surface area contributed by atoms with Gasteiger partial charge in [-0.2, -0.15) is 0 Å². The molecule has 2 heteroatoms. The lowest BCUT2D eigenvalue weighted by atomic mass is 10.1. The Morgan fingerprint density at radius 1 is 1.67 bits per heavy atom. The second kappa shape index (κ2) is 3.93. The Morgan fingerprint density at radius 2 is 2.42 bits per heavy atom. The van der Waals surface area contributed by atoms with Crippen LogP contribution in [0.2, 0.25) is 0 Å². The first-order valence-corrected chi connectivity index (χ1v) is 4.63. The van der Waals surface area contributed by atoms with Crippen molar-refractivity contribution < 1.29 is 5.11 Å². The summed E-state index contributed by atoms with van der Waals surface area (Å²) in [7, 11) is 0. The van der Waals surface area contributed by atoms with Crippen LogP contribution in [0.25, 0.3) is 0 Å². The Kier molecular flexibility index (Phi) is 3.13. The van der Waals surface area contributed by atoms with E-state index in [1.54, 1.807) is 0 Å². The van der Waals surface area contributed by atoms with Crippen molar-refractivity contribution in [3.8, 4) is 12.3 Å². The largest absolute Gasteiger partial charge is 0.376 e. The maximum Gasteiger partial charge on any atom is 0.139 e. The van der Waals surface area contributed by atoms with Gasteiger partial charge in [-0.1, -0.05) is 19.3 Å². The van der Waals surface area contributed by atoms with Gasteiger partial charge in [0.15, 0.2) is 0 Å². The first kappa shape index (κ1) is 9.57. The van der Waals surface area contributed by atoms with Crippen molar-refractivity contribution in [3.05, 3.63) is 0 Å². The Hall–Kier alpha value is -0.520. The lowest BCUT2D eigenvalue weighted by molar-refractivity contribution is 0.108. The molecule has 1 N–H and O–H groups in total. The van der Waals surface area contributed by atoms with Crippen LogP contribution in [0.4, 0.5) is 0 Å². The molecule has 0 aromatic heterocycles. The number of terminal acetylenes is 1. The molecule has 0 amide bonds. The van der Waals surface area contributed by atoms with Gasteiger partial charge in [0.1, 0.15) is 5.60 Å². The summed E-state index contributed by atoms with van der Waals surface area (Å²) in [5.74, 6) is 2.46. The molecule has 68 valence electrons. The van der Waals surface area contributed by atoms with E-state index >= 15 is 0 Å². The molecule has 1 saturated heterocycles. The van der Waals surface area contributed by atoms with Crippen LogP contribution in [-0.4, -0.2) is 35.2 Å². The van der Waals surface area contributed by atoms with Crippen LogP contribution in [0.15, 0.2) is 0 Å². The maximum absolute atomic E-state index is 9.69. The van der Waals surface area contributed by atoms with E-state index in [0.29, 0.717) is 6.54 Å². The maximum atomic E-state index is 9.69. The zero-order valence-electron chi connectivity index (χ0n) is 7.71. The molecule has 0 spiro atoms. The van der Waals surface area contributed by atoms with E-state index < -0.39 is 5.60 Å². The van der Waals surface area contributed by atoms with Crippen molar-refractivity contribution in [1.82, 2.24) is 4.90 Å². The molecule has 0 radical (unpaired) electrons. The molecule has 0 saturated carbocycles. The third kappa shape index (κ3) is 2.23. The van der Waals surface area contributed by atoms with E-state index in [9.17, 15) is 5.11 Å². The van der Waals surface area contributed by atoms with E-state index in [1.165, 1.54) is 12.8 Å². The first-order valence-electron chi connectivity index (χ1n) is 4.63. The van der Waals surface area contributed by atoms with Crippen LogP contribution in [0.3, 0.4) is 0 Å². The van der Waals surface area contributed by atoms with Crippen molar-refractivity contribution in [2.24, 2.45) is 0 Å². The highest BCUT2D eigenvalue weighted by atomic mass is 16.3. The van der Waals surface area contributed by atoms with Crippen molar-refractivity contribution >= 4 is 0 Å². The van der Waals surface area contributed by atoms with Crippen LogP contribution < -0.4 is 0 Å². The normalized spacial score (nSPS) is 30.4. The Labute approximate surface area is 74.6 Å². The Bertz CT molecular complexity index is 185. The average molecular weight is 167 g/mol. The summed E-state index contributed by atoms with van der Waals surface area (Å²) in [5.41, 5.74) is -0.840. The molecule has 0 aliphatic carbocycles. The fourth-order valence-corrected chi connectivity index (χ4v) is 1.56. The fraction of sp³-hybridized carbons (Fsp3) is 0.800. The highest BCUT2D eigenvalue weighted by Gasteiger charge is 2.33. The lowest BCUT2D eigenvalue weighted by Gasteiger charge is -2.17. The van der Waals surface area contributed by atoms with Crippen LogP contribution in [0.5, 0.6) is 0 Å². The minimum Gasteiger partial charge on any atom is -0.376 e. The third-order valence-electron chi connectivity index (χ3n) is 2.42. The fourth-order valence-electron chi connectivity index (χ4n) is 1.56. The van der Waals surface area contributed by atoms with Gasteiger partial charge in [0.2, 0.25) is 0 Å². The summed E-state index contributed by atoms with van der Waals surface area (Å²) in [6.45, 7) is 4.84. The molecular weight excluding hydrogens is 150 g/mol. The number of likely N-dealkylation sites (tertiary alicyclic amines) is 1. The highest BCUT2D eigenvalue weighted by Crippen LogP contribution is 2.20. The first-order chi connectivity index (χ1) is 5.70. The number of hydrogen-bond acceptors (Lipinski definition) is 2. The standard InChI is InChI=1S/C10H17NO/c1-3-5-7-11-8-6-10(12,4-2)9-11/h2,12H,3,5-9H2,1H3. The summed E-state index contributed by atoms with van der Waals surface area (Å²) in [5, 5.41) is 9.69. The zero-order valence-corrected chi connectivity index (χ0v) is 7.71. The predicted octanol–water partition coefficient (Wildman–Crippen LogP) is 0.857. The van der Waals surface area contributed by atoms with Gasteiger partial charge in [0.05, 0.1) is 0 Å². The van der Waals surface area contributed by atoms with Crippen LogP contribution >= 0.6 is 0 Å². The summed E-state index contributed by atoms with van der Waals surface area (Å²) in [4.78, 5) is 2.24. The van der Waals surface area contributed by atoms with Gasteiger partial charge in [-0.05, 0) is 13.0 Å². The molecule has 1 unspecified atom stereocenters. The number of nitrogens with zero attached hydrogens (tertiary/aromatic N) is 1. The second-order valence-corrected chi connectivity index (χ2v) is 3.56. The van der Waals surface area contributed by atoms with Crippen LogP contribution in [0, 0.1) is 12.3 Å². The molecule has 12 heavy (non-hydrogen) atoms. The van der Waals surface area contributed by atoms with Crippen LogP contribution in [0.1, 0.15) is 26.2 Å². The van der Waals surface area contributed by atoms with Gasteiger partial charge in [0, 0.05) is 19.5 Å². The lowest BCUT2D eigenvalue weighted by Crippen LogP contribution is -2.31. The summed E-state index contributed by atoms with van der Waals surface area (Å²) >= 11 is 0. The molecule has 0 aromatic rings. The monoisotopic (exact) mass is 167 g/mol. The molecule has 1 atom stereocenters. The zero-order chi connectivity index (χ0) is 9.03. The van der Waals surface area contributed by atoms with E-state index in [2.05, 4.69) is 17.7 Å². The number of rotatable bonds is 3. The molecule has 1 rings (SSSR count). The molecule has 1 aliphatic rings. The topological polar surface area (TPSA) is 23.5 Å². The average Bonchev–Trinajstić information content (AvgIpc) is 2.45. The Morgan fingerprint density at radius 3 is 2.92 bits per heavy atom. The SMILES string of the molecule is C#CC1(O)CCN(CCCC)C1. The highest BCUT2D eigenvalue weighted by molar-refractivity contribution is 5.11. The number of β-amino-alcohol motifs (C(OH)–C–C–N with tert-alkyl or cyclic N) is 1. The molecule has 1 fully saturated rings. The van der Waals surface area contributed by atoms with E-state index in [1.807, 2.05) is 0 Å².